The standard InChI is InChI=1S/C23H23BrFN5O3S/c1-4-34-23-28-22-27-12(2)18(21(26)31)19(30(22)29-23)14-9-15(24)20(17(10-14)32-3)33-11-13-7-5-6-8-16(13)25/h5-10,19H,4,11H2,1-3H3,(H2,26,31)(H,27,28,29). The number of ether oxygens (including phenoxy) is 2. The summed E-state index contributed by atoms with van der Waals surface area (Å²) in [6.07, 6.45) is 0. The van der Waals surface area contributed by atoms with E-state index in [9.17, 15) is 9.18 Å². The van der Waals surface area contributed by atoms with Crippen LogP contribution in [0.25, 0.3) is 0 Å². The van der Waals surface area contributed by atoms with E-state index in [2.05, 4.69) is 31.3 Å². The molecule has 1 atom stereocenters. The summed E-state index contributed by atoms with van der Waals surface area (Å²) in [4.78, 5) is 17.0. The topological polar surface area (TPSA) is 104 Å². The highest BCUT2D eigenvalue weighted by Crippen LogP contribution is 2.43. The van der Waals surface area contributed by atoms with E-state index in [0.29, 0.717) is 49.5 Å². The SMILES string of the molecule is CCSc1nc2n(n1)C(c1cc(Br)c(OCc3ccccc3F)c(OC)c1)C(C(N)=O)=C(C)N2. The average Bonchev–Trinajstić information content (AvgIpc) is 3.19. The Balaban J connectivity index is 1.76. The van der Waals surface area contributed by atoms with Gasteiger partial charge in [0.2, 0.25) is 17.0 Å². The monoisotopic (exact) mass is 547 g/mol. The van der Waals surface area contributed by atoms with E-state index in [4.69, 9.17) is 15.2 Å². The quantitative estimate of drug-likeness (QED) is 0.395. The molecule has 2 heterocycles. The minimum Gasteiger partial charge on any atom is -0.493 e. The molecule has 4 rings (SSSR count). The minimum absolute atomic E-state index is 0.0186. The number of methoxy groups -OCH3 is 1. The number of amides is 1. The fraction of sp³-hybridized carbons (Fsp3) is 0.261. The van der Waals surface area contributed by atoms with Gasteiger partial charge in [-0.1, -0.05) is 36.9 Å². The van der Waals surface area contributed by atoms with Gasteiger partial charge in [0.15, 0.2) is 11.5 Å². The molecule has 0 bridgehead atoms. The molecule has 0 fully saturated rings. The van der Waals surface area contributed by atoms with Crippen molar-refractivity contribution < 1.29 is 18.7 Å². The van der Waals surface area contributed by atoms with Crippen LogP contribution in [0.4, 0.5) is 10.3 Å². The zero-order valence-corrected chi connectivity index (χ0v) is 21.2. The number of thioether (sulfide) groups is 1. The second-order valence-electron chi connectivity index (χ2n) is 7.44. The summed E-state index contributed by atoms with van der Waals surface area (Å²) in [5.74, 6) is 1.21. The molecular weight excluding hydrogens is 525 g/mol. The second-order valence-corrected chi connectivity index (χ2v) is 9.53. The Labute approximate surface area is 208 Å². The summed E-state index contributed by atoms with van der Waals surface area (Å²) in [7, 11) is 1.51. The molecule has 11 heteroatoms. The molecule has 8 nitrogen and oxygen atoms in total. The molecule has 1 unspecified atom stereocenters. The van der Waals surface area contributed by atoms with Crippen molar-refractivity contribution in [3.8, 4) is 11.5 Å². The Hall–Kier alpha value is -3.05. The number of allylic oxidation sites excluding steroid dienone is 1. The molecule has 0 spiro atoms. The van der Waals surface area contributed by atoms with Crippen molar-refractivity contribution >= 4 is 39.5 Å². The molecule has 1 amide bonds. The lowest BCUT2D eigenvalue weighted by atomic mass is 9.95. The first-order valence-electron chi connectivity index (χ1n) is 10.4. The first-order chi connectivity index (χ1) is 16.3. The van der Waals surface area contributed by atoms with Gasteiger partial charge in [-0.25, -0.2) is 9.07 Å². The maximum atomic E-state index is 14.0. The number of halogens is 2. The van der Waals surface area contributed by atoms with Gasteiger partial charge in [0.25, 0.3) is 0 Å². The largest absolute Gasteiger partial charge is 0.493 e. The minimum atomic E-state index is -0.627. The number of carbonyl (C=O) groups excluding carboxylic acids is 1. The Morgan fingerprint density at radius 1 is 1.35 bits per heavy atom. The first-order valence-corrected chi connectivity index (χ1v) is 12.2. The smallest absolute Gasteiger partial charge is 0.248 e. The van der Waals surface area contributed by atoms with Crippen LogP contribution in [0.5, 0.6) is 11.5 Å². The molecule has 1 aliphatic heterocycles. The van der Waals surface area contributed by atoms with Gasteiger partial charge in [0.05, 0.1) is 17.2 Å². The van der Waals surface area contributed by atoms with Crippen LogP contribution < -0.4 is 20.5 Å². The summed E-state index contributed by atoms with van der Waals surface area (Å²) < 4.78 is 27.7. The Kier molecular flexibility index (Phi) is 7.13. The maximum Gasteiger partial charge on any atom is 0.248 e. The number of hydrogen-bond donors (Lipinski definition) is 2. The van der Waals surface area contributed by atoms with Gasteiger partial charge in [-0.3, -0.25) is 4.79 Å². The summed E-state index contributed by atoms with van der Waals surface area (Å²) >= 11 is 5.04. The van der Waals surface area contributed by atoms with Crippen LogP contribution >= 0.6 is 27.7 Å². The molecule has 0 radical (unpaired) electrons. The predicted octanol–water partition coefficient (Wildman–Crippen LogP) is 4.65. The lowest BCUT2D eigenvalue weighted by Gasteiger charge is -2.28. The van der Waals surface area contributed by atoms with Crippen molar-refractivity contribution in [1.29, 1.82) is 0 Å². The van der Waals surface area contributed by atoms with Crippen LogP contribution in [-0.2, 0) is 11.4 Å². The van der Waals surface area contributed by atoms with E-state index in [-0.39, 0.29) is 12.4 Å². The zero-order valence-electron chi connectivity index (χ0n) is 18.8. The summed E-state index contributed by atoms with van der Waals surface area (Å²) in [6.45, 7) is 3.80. The lowest BCUT2D eigenvalue weighted by molar-refractivity contribution is -0.115. The van der Waals surface area contributed by atoms with Gasteiger partial charge in [-0.15, -0.1) is 5.10 Å². The maximum absolute atomic E-state index is 14.0. The number of nitrogens with two attached hydrogens (primary N) is 1. The molecule has 0 saturated carbocycles. The number of benzene rings is 2. The van der Waals surface area contributed by atoms with E-state index in [1.165, 1.54) is 24.9 Å². The lowest BCUT2D eigenvalue weighted by Crippen LogP contribution is -2.31. The van der Waals surface area contributed by atoms with Crippen molar-refractivity contribution in [2.45, 2.75) is 31.7 Å². The molecule has 0 saturated heterocycles. The van der Waals surface area contributed by atoms with Crippen LogP contribution in [0.3, 0.4) is 0 Å². The zero-order chi connectivity index (χ0) is 24.4. The van der Waals surface area contributed by atoms with Crippen LogP contribution in [0, 0.1) is 5.82 Å². The van der Waals surface area contributed by atoms with Gasteiger partial charge in [0.1, 0.15) is 18.5 Å². The third-order valence-electron chi connectivity index (χ3n) is 5.27. The first kappa shape index (κ1) is 24.1. The van der Waals surface area contributed by atoms with Crippen LogP contribution in [0.2, 0.25) is 0 Å². The Morgan fingerprint density at radius 2 is 2.12 bits per heavy atom. The van der Waals surface area contributed by atoms with E-state index < -0.39 is 11.9 Å². The number of aromatic nitrogens is 3. The van der Waals surface area contributed by atoms with Gasteiger partial charge < -0.3 is 20.5 Å². The molecule has 0 aliphatic carbocycles. The number of nitrogens with one attached hydrogen (secondary N) is 1. The highest BCUT2D eigenvalue weighted by atomic mass is 79.9. The number of hydrogen-bond acceptors (Lipinski definition) is 7. The van der Waals surface area contributed by atoms with Crippen molar-refractivity contribution in [3.63, 3.8) is 0 Å². The van der Waals surface area contributed by atoms with Crippen molar-refractivity contribution in [2.24, 2.45) is 5.73 Å². The number of rotatable bonds is 8. The van der Waals surface area contributed by atoms with E-state index >= 15 is 0 Å². The predicted molar refractivity (Wildman–Crippen MR) is 132 cm³/mol. The van der Waals surface area contributed by atoms with Crippen molar-refractivity contribution in [3.05, 3.63) is 69.1 Å². The van der Waals surface area contributed by atoms with Crippen LogP contribution in [-0.4, -0.2) is 33.5 Å². The van der Waals surface area contributed by atoms with Gasteiger partial charge in [0, 0.05) is 11.3 Å². The van der Waals surface area contributed by atoms with E-state index in [0.717, 1.165) is 5.75 Å². The molecule has 34 heavy (non-hydrogen) atoms. The van der Waals surface area contributed by atoms with E-state index in [1.54, 1.807) is 35.9 Å². The molecule has 3 aromatic rings. The fourth-order valence-electron chi connectivity index (χ4n) is 3.75. The highest BCUT2D eigenvalue weighted by molar-refractivity contribution is 9.10. The summed E-state index contributed by atoms with van der Waals surface area (Å²) in [5.41, 5.74) is 7.83. The third kappa shape index (κ3) is 4.62. The van der Waals surface area contributed by atoms with E-state index in [1.807, 2.05) is 13.0 Å². The molecule has 178 valence electrons. The van der Waals surface area contributed by atoms with Gasteiger partial charge in [-0.2, -0.15) is 4.98 Å². The molecule has 2 aromatic carbocycles. The van der Waals surface area contributed by atoms with Gasteiger partial charge in [-0.05, 0) is 52.4 Å². The number of primary amides is 1. The Morgan fingerprint density at radius 3 is 2.79 bits per heavy atom. The van der Waals surface area contributed by atoms with Crippen LogP contribution in [0.1, 0.15) is 31.0 Å². The Bertz CT molecular complexity index is 1280. The normalized spacial score (nSPS) is 15.0. The number of nitrogens with zero attached hydrogens (tertiary/aromatic N) is 3. The molecular formula is C23H23BrFN5O3S. The van der Waals surface area contributed by atoms with Crippen LogP contribution in [0.15, 0.2) is 57.3 Å². The number of fused-ring (bicyclic) bond motifs is 1. The second kappa shape index (κ2) is 10.1. The summed E-state index contributed by atoms with van der Waals surface area (Å²) in [6, 6.07) is 9.34. The molecule has 1 aromatic heterocycles. The van der Waals surface area contributed by atoms with Gasteiger partial charge >= 0.3 is 0 Å². The molecule has 3 N–H and O–H groups in total. The highest BCUT2D eigenvalue weighted by Gasteiger charge is 2.34. The fourth-order valence-corrected chi connectivity index (χ4v) is 4.88. The average molecular weight is 548 g/mol. The summed E-state index contributed by atoms with van der Waals surface area (Å²) in [5, 5.41) is 8.30. The van der Waals surface area contributed by atoms with Crippen molar-refractivity contribution in [2.75, 3.05) is 18.2 Å². The number of anilines is 1. The molecule has 1 aliphatic rings. The third-order valence-corrected chi connectivity index (χ3v) is 6.58. The van der Waals surface area contributed by atoms with Crippen molar-refractivity contribution in [1.82, 2.24) is 14.8 Å². The number of carbonyl (C=O) groups is 1.